The third kappa shape index (κ3) is 5.02. The lowest BCUT2D eigenvalue weighted by atomic mass is 10.1. The molecule has 6 rings (SSSR count). The van der Waals surface area contributed by atoms with Gasteiger partial charge in [0.15, 0.2) is 47.7 Å². The molecule has 17 nitrogen and oxygen atoms in total. The molecule has 2 fully saturated rings. The number of ether oxygens (including phenoxy) is 2. The van der Waals surface area contributed by atoms with Crippen molar-refractivity contribution in [2.75, 3.05) is 24.7 Å². The molecule has 6 heterocycles. The Hall–Kier alpha value is -3.02. The van der Waals surface area contributed by atoms with Gasteiger partial charge in [-0.05, 0) is 0 Å². The van der Waals surface area contributed by atoms with Crippen LogP contribution in [0.2, 0.25) is 0 Å². The number of halogens is 2. The van der Waals surface area contributed by atoms with Crippen LogP contribution in [0.15, 0.2) is 25.3 Å². The molecule has 5 N–H and O–H groups in total. The Morgan fingerprint density at radius 1 is 0.902 bits per heavy atom. The lowest BCUT2D eigenvalue weighted by molar-refractivity contribution is -0.0468. The van der Waals surface area contributed by atoms with E-state index in [1.807, 2.05) is 9.47 Å². The van der Waals surface area contributed by atoms with Crippen LogP contribution in [0.1, 0.15) is 12.5 Å². The summed E-state index contributed by atoms with van der Waals surface area (Å²) in [6, 6.07) is 0. The van der Waals surface area contributed by atoms with E-state index in [-0.39, 0.29) is 40.6 Å². The fourth-order valence-corrected chi connectivity index (χ4v) is 5.82. The average Bonchev–Trinajstić information content (AvgIpc) is 3.71. The fraction of sp³-hybridized carbons (Fsp3) is 0.500. The number of aromatic nitrogens is 8. The molecule has 2 aliphatic heterocycles. The molecule has 0 spiro atoms. The third-order valence-corrected chi connectivity index (χ3v) is 7.80. The van der Waals surface area contributed by atoms with Gasteiger partial charge in [0.05, 0.1) is 25.9 Å². The van der Waals surface area contributed by atoms with Gasteiger partial charge in [0.1, 0.15) is 48.1 Å². The Bertz CT molecular complexity index is 1580. The Labute approximate surface area is 231 Å². The van der Waals surface area contributed by atoms with E-state index in [0.717, 1.165) is 0 Å². The van der Waals surface area contributed by atoms with Crippen LogP contribution in [0.4, 0.5) is 20.4 Å². The summed E-state index contributed by atoms with van der Waals surface area (Å²) in [4.78, 5) is 24.0. The van der Waals surface area contributed by atoms with Gasteiger partial charge in [0.2, 0.25) is 0 Å². The van der Waals surface area contributed by atoms with Crippen molar-refractivity contribution in [3.05, 3.63) is 25.3 Å². The Morgan fingerprint density at radius 3 is 2.05 bits per heavy atom. The molecule has 10 atom stereocenters. The predicted octanol–water partition coefficient (Wildman–Crippen LogP) is 0.261. The van der Waals surface area contributed by atoms with Crippen LogP contribution >= 0.6 is 17.7 Å². The van der Waals surface area contributed by atoms with Crippen molar-refractivity contribution >= 4 is 51.7 Å². The van der Waals surface area contributed by atoms with Crippen LogP contribution in [0, 0.1) is 0 Å². The maximum absolute atomic E-state index is 15.6. The van der Waals surface area contributed by atoms with Crippen molar-refractivity contribution in [1.29, 1.82) is 0 Å². The molecule has 0 amide bonds. The number of hydrogen-bond acceptors (Lipinski definition) is 15. The molecule has 2 unspecified atom stereocenters. The van der Waals surface area contributed by atoms with E-state index in [1.165, 1.54) is 34.4 Å². The third-order valence-electron chi connectivity index (χ3n) is 6.74. The average molecular weight is 616 g/mol. The zero-order valence-corrected chi connectivity index (χ0v) is 23.0. The van der Waals surface area contributed by atoms with E-state index < -0.39 is 64.1 Å². The summed E-state index contributed by atoms with van der Waals surface area (Å²) in [6.45, 7) is -0.658. The number of nitrogens with zero attached hydrogens (tertiary/aromatic N) is 8. The highest BCUT2D eigenvalue weighted by Crippen LogP contribution is 2.42. The summed E-state index contributed by atoms with van der Waals surface area (Å²) in [6.07, 6.45) is -6.72. The number of rotatable bonds is 9. The molecule has 4 aromatic heterocycles. The summed E-state index contributed by atoms with van der Waals surface area (Å²) >= 11 is 0. The summed E-state index contributed by atoms with van der Waals surface area (Å²) in [5.41, 5.74) is 12.5. The summed E-state index contributed by atoms with van der Waals surface area (Å²) in [7, 11) is -1.39. The van der Waals surface area contributed by atoms with Gasteiger partial charge >= 0.3 is 8.25 Å². The van der Waals surface area contributed by atoms with E-state index in [4.69, 9.17) is 34.5 Å². The molecular formula is C20H24F2N10O7P2. The van der Waals surface area contributed by atoms with Crippen molar-refractivity contribution < 1.29 is 41.5 Å². The Morgan fingerprint density at radius 2 is 1.46 bits per heavy atom. The number of hydrogen-bond donors (Lipinski definition) is 3. The fourth-order valence-electron chi connectivity index (χ4n) is 4.76. The second kappa shape index (κ2) is 11.3. The normalized spacial score (nSPS) is 30.9. The second-order valence-corrected chi connectivity index (χ2v) is 10.5. The van der Waals surface area contributed by atoms with Crippen LogP contribution in [-0.2, 0) is 27.6 Å². The first-order valence-electron chi connectivity index (χ1n) is 12.1. The lowest BCUT2D eigenvalue weighted by Gasteiger charge is -2.20. The molecule has 0 bridgehead atoms. The number of imidazole rings is 2. The van der Waals surface area contributed by atoms with Gasteiger partial charge in [0, 0.05) is 9.47 Å². The minimum atomic E-state index is -3.41. The van der Waals surface area contributed by atoms with E-state index >= 15 is 8.78 Å². The van der Waals surface area contributed by atoms with Gasteiger partial charge in [-0.25, -0.2) is 38.7 Å². The topological polar surface area (TPSA) is 223 Å². The largest absolute Gasteiger partial charge is 0.387 e. The first-order valence-corrected chi connectivity index (χ1v) is 13.8. The first-order chi connectivity index (χ1) is 19.8. The van der Waals surface area contributed by atoms with E-state index in [2.05, 4.69) is 29.9 Å². The number of anilines is 2. The molecular weight excluding hydrogens is 592 g/mol. The number of fused-ring (bicyclic) bond motifs is 2. The molecule has 4 aromatic rings. The molecule has 0 saturated carbocycles. The Kier molecular flexibility index (Phi) is 7.78. The zero-order valence-electron chi connectivity index (χ0n) is 20.8. The minimum Gasteiger partial charge on any atom is -0.387 e. The standard InChI is InChI=1S/C20H24F2N10O7P2/c21-9-13(33)7(37-19(9)31-5-29-11-15(23)25-3-27-17(11)31)2-36-41(34)39-14-8(1-35-40)38-20(10(14)22)32-6-30-12-16(24)26-4-28-18(12)32/h3-10,13-14,19-20,33,41H,1-2,40H2,(H2,23,25,27)(H2,24,26,28)/t7-,8-,9-,10-,13-,14-,19-,20-/m1/s1. The van der Waals surface area contributed by atoms with E-state index in [0.29, 0.717) is 0 Å². The van der Waals surface area contributed by atoms with Gasteiger partial charge in [0.25, 0.3) is 0 Å². The number of alkyl halides is 2. The minimum absolute atomic E-state index is 0.0895. The van der Waals surface area contributed by atoms with E-state index in [9.17, 15) is 9.67 Å². The Balaban J connectivity index is 1.12. The van der Waals surface area contributed by atoms with Crippen LogP contribution < -0.4 is 11.5 Å². The smallest absolute Gasteiger partial charge is 0.319 e. The molecule has 220 valence electrons. The SMILES string of the molecule is Nc1ncnc2c1ncn2[C@@H]1O[C@H](CO[PH](=O)O[C@H]2[C@@H](F)[C@H](n3cnc4c(N)ncnc43)O[C@@H]2COP)[C@@H](O)[C@H]1F. The van der Waals surface area contributed by atoms with Crippen LogP contribution in [-0.4, -0.2) is 94.1 Å². The molecule has 41 heavy (non-hydrogen) atoms. The first kappa shape index (κ1) is 28.1. The molecule has 2 saturated heterocycles. The van der Waals surface area contributed by atoms with Crippen molar-refractivity contribution in [2.24, 2.45) is 0 Å². The molecule has 0 radical (unpaired) electrons. The monoisotopic (exact) mass is 616 g/mol. The van der Waals surface area contributed by atoms with Gasteiger partial charge in [-0.1, -0.05) is 0 Å². The van der Waals surface area contributed by atoms with E-state index in [1.54, 1.807) is 0 Å². The van der Waals surface area contributed by atoms with Gasteiger partial charge in [-0.15, -0.1) is 0 Å². The number of nitrogen functional groups attached to an aromatic ring is 2. The second-order valence-electron chi connectivity index (χ2n) is 9.15. The summed E-state index contributed by atoms with van der Waals surface area (Å²) in [5, 5.41) is 10.4. The van der Waals surface area contributed by atoms with Crippen molar-refractivity contribution in [3.8, 4) is 0 Å². The van der Waals surface area contributed by atoms with Crippen molar-refractivity contribution in [2.45, 2.75) is 49.2 Å². The maximum Gasteiger partial charge on any atom is 0.319 e. The quantitative estimate of drug-likeness (QED) is 0.215. The van der Waals surface area contributed by atoms with Gasteiger partial charge in [-0.3, -0.25) is 13.7 Å². The van der Waals surface area contributed by atoms with Crippen LogP contribution in [0.5, 0.6) is 0 Å². The number of aliphatic hydroxyl groups is 1. The highest BCUT2D eigenvalue weighted by molar-refractivity contribution is 7.33. The van der Waals surface area contributed by atoms with Gasteiger partial charge in [-0.2, -0.15) is 0 Å². The molecule has 2 aliphatic rings. The van der Waals surface area contributed by atoms with Crippen LogP contribution in [0.25, 0.3) is 22.3 Å². The highest BCUT2D eigenvalue weighted by Gasteiger charge is 2.49. The maximum atomic E-state index is 15.6. The highest BCUT2D eigenvalue weighted by atomic mass is 31.1. The molecule has 0 aliphatic carbocycles. The van der Waals surface area contributed by atoms with Crippen LogP contribution in [0.3, 0.4) is 0 Å². The molecule has 0 aromatic carbocycles. The molecule has 21 heteroatoms. The van der Waals surface area contributed by atoms with Crippen molar-refractivity contribution in [1.82, 2.24) is 39.0 Å². The lowest BCUT2D eigenvalue weighted by Crippen LogP contribution is -2.33. The summed E-state index contributed by atoms with van der Waals surface area (Å²) < 4.78 is 73.1. The van der Waals surface area contributed by atoms with Gasteiger partial charge < -0.3 is 39.6 Å². The summed E-state index contributed by atoms with van der Waals surface area (Å²) in [5.74, 6) is 0.192. The number of aliphatic hydroxyl groups excluding tert-OH is 1. The zero-order chi connectivity index (χ0) is 28.8. The predicted molar refractivity (Wildman–Crippen MR) is 139 cm³/mol. The van der Waals surface area contributed by atoms with Crippen molar-refractivity contribution in [3.63, 3.8) is 0 Å². The number of nitrogens with two attached hydrogens (primary N) is 2.